The van der Waals surface area contributed by atoms with Crippen LogP contribution >= 0.6 is 0 Å². The lowest BCUT2D eigenvalue weighted by Crippen LogP contribution is -2.45. The second kappa shape index (κ2) is 8.80. The Balaban J connectivity index is 3.29. The van der Waals surface area contributed by atoms with Crippen LogP contribution in [-0.2, 0) is 21.3 Å². The zero-order valence-corrected chi connectivity index (χ0v) is 16.1. The van der Waals surface area contributed by atoms with Crippen LogP contribution in [0.5, 0.6) is 0 Å². The van der Waals surface area contributed by atoms with Crippen molar-refractivity contribution in [1.82, 2.24) is 9.47 Å². The van der Waals surface area contributed by atoms with Gasteiger partial charge in [0, 0.05) is 38.4 Å². The fourth-order valence-electron chi connectivity index (χ4n) is 3.00. The summed E-state index contributed by atoms with van der Waals surface area (Å²) in [5.74, 6) is -0.799. The molecule has 0 N–H and O–H groups in total. The molecule has 140 valence electrons. The number of hydrogen-bond donors (Lipinski definition) is 0. The van der Waals surface area contributed by atoms with E-state index in [2.05, 4.69) is 0 Å². The van der Waals surface area contributed by atoms with Gasteiger partial charge in [-0.15, -0.1) is 0 Å². The maximum atomic E-state index is 13.1. The van der Waals surface area contributed by atoms with Crippen molar-refractivity contribution in [2.45, 2.75) is 40.2 Å². The van der Waals surface area contributed by atoms with Crippen LogP contribution in [0.1, 0.15) is 52.4 Å². The van der Waals surface area contributed by atoms with Crippen LogP contribution in [-0.4, -0.2) is 60.5 Å². The first-order chi connectivity index (χ1) is 11.7. The van der Waals surface area contributed by atoms with Crippen molar-refractivity contribution in [1.29, 1.82) is 0 Å². The Morgan fingerprint density at radius 1 is 1.20 bits per heavy atom. The fourth-order valence-corrected chi connectivity index (χ4v) is 3.00. The number of carbonyl (C=O) groups excluding carboxylic acids is 3. The van der Waals surface area contributed by atoms with Gasteiger partial charge in [0.1, 0.15) is 5.69 Å². The summed E-state index contributed by atoms with van der Waals surface area (Å²) < 4.78 is 11.5. The summed E-state index contributed by atoms with van der Waals surface area (Å²) in [4.78, 5) is 38.8. The van der Waals surface area contributed by atoms with Gasteiger partial charge in [-0.2, -0.15) is 0 Å². The third kappa shape index (κ3) is 4.10. The number of aromatic nitrogens is 1. The number of carbonyl (C=O) groups is 3. The van der Waals surface area contributed by atoms with E-state index >= 15 is 0 Å². The van der Waals surface area contributed by atoms with Gasteiger partial charge in [0.05, 0.1) is 19.8 Å². The Kier molecular flexibility index (Phi) is 7.36. The summed E-state index contributed by atoms with van der Waals surface area (Å²) in [7, 11) is 4.58. The largest absolute Gasteiger partial charge is 0.464 e. The van der Waals surface area contributed by atoms with Gasteiger partial charge < -0.3 is 18.9 Å². The van der Waals surface area contributed by atoms with Crippen molar-refractivity contribution in [2.24, 2.45) is 7.05 Å². The van der Waals surface area contributed by atoms with Crippen molar-refractivity contribution in [2.75, 3.05) is 27.4 Å². The smallest absolute Gasteiger partial charge is 0.354 e. The van der Waals surface area contributed by atoms with Crippen LogP contribution in [0, 0.1) is 13.8 Å². The number of hydrogen-bond acceptors (Lipinski definition) is 5. The van der Waals surface area contributed by atoms with E-state index in [0.29, 0.717) is 42.1 Å². The highest BCUT2D eigenvalue weighted by Crippen LogP contribution is 2.24. The van der Waals surface area contributed by atoms with Crippen LogP contribution in [0.2, 0.25) is 0 Å². The molecule has 0 radical (unpaired) electrons. The van der Waals surface area contributed by atoms with Crippen LogP contribution in [0.25, 0.3) is 0 Å². The Hall–Kier alpha value is -2.15. The van der Waals surface area contributed by atoms with Gasteiger partial charge in [0.15, 0.2) is 5.78 Å². The van der Waals surface area contributed by atoms with E-state index in [4.69, 9.17) is 9.47 Å². The topological polar surface area (TPSA) is 77.8 Å². The standard InChI is InChI=1S/C18H28N2O5/c1-8-14(21)20(9-10-24-6)13(4)17(22)15-11(2)16(18(23)25-7)19(5)12(15)3/h13H,8-10H2,1-7H3. The predicted molar refractivity (Wildman–Crippen MR) is 93.9 cm³/mol. The van der Waals surface area contributed by atoms with E-state index in [9.17, 15) is 14.4 Å². The fraction of sp³-hybridized carbons (Fsp3) is 0.611. The molecular formula is C18H28N2O5. The minimum Gasteiger partial charge on any atom is -0.464 e. The highest BCUT2D eigenvalue weighted by Gasteiger charge is 2.31. The van der Waals surface area contributed by atoms with Crippen LogP contribution in [0.3, 0.4) is 0 Å². The number of rotatable bonds is 8. The van der Waals surface area contributed by atoms with Gasteiger partial charge in [0.2, 0.25) is 5.91 Å². The molecule has 1 rings (SSSR count). The second-order valence-electron chi connectivity index (χ2n) is 5.96. The molecule has 1 unspecified atom stereocenters. The Bertz CT molecular complexity index is 663. The molecular weight excluding hydrogens is 324 g/mol. The molecule has 0 saturated heterocycles. The number of ketones is 1. The number of amides is 1. The summed E-state index contributed by atoms with van der Waals surface area (Å²) in [5, 5.41) is 0. The first-order valence-electron chi connectivity index (χ1n) is 8.29. The third-order valence-corrected chi connectivity index (χ3v) is 4.56. The molecule has 0 spiro atoms. The van der Waals surface area contributed by atoms with Crippen molar-refractivity contribution in [3.05, 3.63) is 22.5 Å². The third-order valence-electron chi connectivity index (χ3n) is 4.56. The summed E-state index contributed by atoms with van der Waals surface area (Å²) >= 11 is 0. The van der Waals surface area contributed by atoms with E-state index < -0.39 is 12.0 Å². The number of Topliss-reactive ketones (excluding diaryl/α,β-unsaturated/α-hetero) is 1. The SMILES string of the molecule is CCC(=O)N(CCOC)C(C)C(=O)c1c(C)c(C(=O)OC)n(C)c1C. The summed E-state index contributed by atoms with van der Waals surface area (Å²) in [5.41, 5.74) is 2.05. The quantitative estimate of drug-likeness (QED) is 0.527. The Morgan fingerprint density at radius 2 is 1.80 bits per heavy atom. The maximum Gasteiger partial charge on any atom is 0.354 e. The molecule has 0 fully saturated rings. The monoisotopic (exact) mass is 352 g/mol. The summed E-state index contributed by atoms with van der Waals surface area (Å²) in [6.07, 6.45) is 0.307. The lowest BCUT2D eigenvalue weighted by molar-refractivity contribution is -0.132. The van der Waals surface area contributed by atoms with E-state index in [1.807, 2.05) is 0 Å². The summed E-state index contributed by atoms with van der Waals surface area (Å²) in [6.45, 7) is 7.65. The van der Waals surface area contributed by atoms with Crippen LogP contribution < -0.4 is 0 Å². The molecule has 1 aromatic heterocycles. The van der Waals surface area contributed by atoms with E-state index in [1.165, 1.54) is 12.0 Å². The first-order valence-corrected chi connectivity index (χ1v) is 8.29. The van der Waals surface area contributed by atoms with E-state index in [-0.39, 0.29) is 11.7 Å². The van der Waals surface area contributed by atoms with E-state index in [0.717, 1.165) is 0 Å². The molecule has 1 heterocycles. The molecule has 1 amide bonds. The molecule has 0 aliphatic carbocycles. The molecule has 0 bridgehead atoms. The minimum atomic E-state index is -0.645. The lowest BCUT2D eigenvalue weighted by atomic mass is 9.99. The molecule has 1 aromatic rings. The van der Waals surface area contributed by atoms with Gasteiger partial charge in [-0.1, -0.05) is 6.92 Å². The molecule has 7 nitrogen and oxygen atoms in total. The first kappa shape index (κ1) is 20.9. The lowest BCUT2D eigenvalue weighted by Gasteiger charge is -2.28. The molecule has 0 aromatic carbocycles. The Morgan fingerprint density at radius 3 is 2.28 bits per heavy atom. The highest BCUT2D eigenvalue weighted by molar-refractivity contribution is 6.06. The summed E-state index contributed by atoms with van der Waals surface area (Å²) in [6, 6.07) is -0.645. The van der Waals surface area contributed by atoms with Gasteiger partial charge in [-0.3, -0.25) is 9.59 Å². The predicted octanol–water partition coefficient (Wildman–Crippen LogP) is 1.88. The number of nitrogens with zero attached hydrogens (tertiary/aromatic N) is 2. The number of methoxy groups -OCH3 is 2. The Labute approximate surface area is 148 Å². The van der Waals surface area contributed by atoms with Crippen LogP contribution in [0.15, 0.2) is 0 Å². The van der Waals surface area contributed by atoms with Gasteiger partial charge >= 0.3 is 5.97 Å². The highest BCUT2D eigenvalue weighted by atomic mass is 16.5. The second-order valence-corrected chi connectivity index (χ2v) is 5.96. The zero-order valence-electron chi connectivity index (χ0n) is 16.1. The zero-order chi connectivity index (χ0) is 19.3. The van der Waals surface area contributed by atoms with Crippen molar-refractivity contribution >= 4 is 17.7 Å². The van der Waals surface area contributed by atoms with Crippen molar-refractivity contribution < 1.29 is 23.9 Å². The van der Waals surface area contributed by atoms with Gasteiger partial charge in [-0.25, -0.2) is 4.79 Å². The molecule has 0 saturated carbocycles. The maximum absolute atomic E-state index is 13.1. The van der Waals surface area contributed by atoms with Crippen molar-refractivity contribution in [3.63, 3.8) is 0 Å². The van der Waals surface area contributed by atoms with Gasteiger partial charge in [-0.05, 0) is 26.3 Å². The number of ether oxygens (including phenoxy) is 2. The average Bonchev–Trinajstić information content (AvgIpc) is 2.82. The molecule has 7 heteroatoms. The van der Waals surface area contributed by atoms with Crippen LogP contribution in [0.4, 0.5) is 0 Å². The molecule has 1 atom stereocenters. The minimum absolute atomic E-state index is 0.114. The normalized spacial score (nSPS) is 12.0. The van der Waals surface area contributed by atoms with Gasteiger partial charge in [0.25, 0.3) is 0 Å². The molecule has 0 aliphatic rings. The average molecular weight is 352 g/mol. The molecule has 0 aliphatic heterocycles. The van der Waals surface area contributed by atoms with Crippen molar-refractivity contribution in [3.8, 4) is 0 Å². The number of esters is 1. The van der Waals surface area contributed by atoms with E-state index in [1.54, 1.807) is 46.4 Å². The molecule has 25 heavy (non-hydrogen) atoms.